The molecule has 1 aliphatic rings. The van der Waals surface area contributed by atoms with E-state index in [2.05, 4.69) is 30.7 Å². The zero-order chi connectivity index (χ0) is 9.52. The normalized spacial score (nSPS) is 22.0. The third kappa shape index (κ3) is 3.89. The van der Waals surface area contributed by atoms with Gasteiger partial charge >= 0.3 is 0 Å². The van der Waals surface area contributed by atoms with Gasteiger partial charge < -0.3 is 0 Å². The molecule has 1 atom stereocenters. The molecule has 0 aromatic carbocycles. The van der Waals surface area contributed by atoms with Crippen molar-refractivity contribution in [1.29, 1.82) is 0 Å². The van der Waals surface area contributed by atoms with Crippen molar-refractivity contribution in [3.8, 4) is 0 Å². The van der Waals surface area contributed by atoms with Crippen LogP contribution in [0.2, 0.25) is 0 Å². The van der Waals surface area contributed by atoms with Crippen molar-refractivity contribution < 1.29 is 0 Å². The summed E-state index contributed by atoms with van der Waals surface area (Å²) in [4.78, 5) is 0. The van der Waals surface area contributed by atoms with Crippen molar-refractivity contribution in [3.05, 3.63) is 30.5 Å². The Morgan fingerprint density at radius 1 is 1.62 bits per heavy atom. The second kappa shape index (κ2) is 6.12. The molecule has 0 N–H and O–H groups in total. The molecule has 1 heteroatoms. The van der Waals surface area contributed by atoms with Gasteiger partial charge in [0.15, 0.2) is 0 Å². The van der Waals surface area contributed by atoms with Gasteiger partial charge in [-0.25, -0.2) is 0 Å². The fourth-order valence-electron chi connectivity index (χ4n) is 1.66. The molecule has 1 rings (SSSR count). The Kier molecular flexibility index (Phi) is 5.03. The molecule has 0 bridgehead atoms. The Bertz CT molecular complexity index is 205. The van der Waals surface area contributed by atoms with E-state index in [-0.39, 0.29) is 0 Å². The molecule has 1 heterocycles. The minimum Gasteiger partial charge on any atom is -0.162 e. The highest BCUT2D eigenvalue weighted by Crippen LogP contribution is 2.27. The second-order valence-corrected chi connectivity index (χ2v) is 4.68. The highest BCUT2D eigenvalue weighted by molar-refractivity contribution is 7.99. The minimum absolute atomic E-state index is 0.919. The molecule has 72 valence electrons. The summed E-state index contributed by atoms with van der Waals surface area (Å²) in [6.45, 7) is 7.41. The lowest BCUT2D eigenvalue weighted by atomic mass is 9.97. The lowest BCUT2D eigenvalue weighted by molar-refractivity contribution is 0.487. The molecule has 1 saturated heterocycles. The highest BCUT2D eigenvalue weighted by Gasteiger charge is 2.13. The predicted molar refractivity (Wildman–Crippen MR) is 62.1 cm³/mol. The minimum atomic E-state index is 0.919. The molecule has 0 aromatic rings. The van der Waals surface area contributed by atoms with Crippen molar-refractivity contribution in [2.45, 2.75) is 25.7 Å². The van der Waals surface area contributed by atoms with Crippen molar-refractivity contribution in [3.63, 3.8) is 0 Å². The summed E-state index contributed by atoms with van der Waals surface area (Å²) < 4.78 is 0. The van der Waals surface area contributed by atoms with Crippen LogP contribution in [0, 0.1) is 5.92 Å². The van der Waals surface area contributed by atoms with Crippen molar-refractivity contribution in [2.24, 2.45) is 5.92 Å². The van der Waals surface area contributed by atoms with Crippen LogP contribution in [0.5, 0.6) is 0 Å². The maximum atomic E-state index is 3.75. The van der Waals surface area contributed by atoms with Crippen LogP contribution in [-0.4, -0.2) is 11.5 Å². The van der Waals surface area contributed by atoms with Gasteiger partial charge in [-0.3, -0.25) is 0 Å². The van der Waals surface area contributed by atoms with Gasteiger partial charge in [-0.1, -0.05) is 19.2 Å². The lowest BCUT2D eigenvalue weighted by Crippen LogP contribution is -2.10. The van der Waals surface area contributed by atoms with Crippen LogP contribution in [-0.2, 0) is 0 Å². The van der Waals surface area contributed by atoms with E-state index >= 15 is 0 Å². The topological polar surface area (TPSA) is 0 Å². The monoisotopic (exact) mass is 194 g/mol. The SMILES string of the molecule is C=C=C(C=C)CCC1CCCSC1. The fraction of sp³-hybridized carbons (Fsp3) is 0.583. The molecule has 1 aliphatic heterocycles. The molecule has 13 heavy (non-hydrogen) atoms. The van der Waals surface area contributed by atoms with Gasteiger partial charge in [-0.15, -0.1) is 5.73 Å². The third-order valence-corrected chi connectivity index (χ3v) is 3.83. The van der Waals surface area contributed by atoms with E-state index in [4.69, 9.17) is 0 Å². The van der Waals surface area contributed by atoms with Crippen LogP contribution in [0.3, 0.4) is 0 Å². The molecular weight excluding hydrogens is 176 g/mol. The fourth-order valence-corrected chi connectivity index (χ4v) is 2.86. The second-order valence-electron chi connectivity index (χ2n) is 3.53. The van der Waals surface area contributed by atoms with E-state index in [0.717, 1.165) is 12.3 Å². The zero-order valence-corrected chi connectivity index (χ0v) is 9.04. The number of hydrogen-bond donors (Lipinski definition) is 0. The number of rotatable bonds is 4. The lowest BCUT2D eigenvalue weighted by Gasteiger charge is -2.20. The maximum absolute atomic E-state index is 3.75. The van der Waals surface area contributed by atoms with Crippen molar-refractivity contribution in [1.82, 2.24) is 0 Å². The largest absolute Gasteiger partial charge is 0.162 e. The molecule has 0 nitrogen and oxygen atoms in total. The molecule has 0 radical (unpaired) electrons. The number of hydrogen-bond acceptors (Lipinski definition) is 1. The first-order valence-electron chi connectivity index (χ1n) is 4.96. The Hall–Kier alpha value is -0.390. The smallest absolute Gasteiger partial charge is 0.00390 e. The van der Waals surface area contributed by atoms with Gasteiger partial charge in [0.1, 0.15) is 0 Å². The molecule has 1 fully saturated rings. The van der Waals surface area contributed by atoms with Gasteiger partial charge in [-0.2, -0.15) is 11.8 Å². The van der Waals surface area contributed by atoms with Crippen LogP contribution in [0.25, 0.3) is 0 Å². The molecule has 1 unspecified atom stereocenters. The van der Waals surface area contributed by atoms with E-state index in [1.165, 1.54) is 36.3 Å². The van der Waals surface area contributed by atoms with Crippen molar-refractivity contribution in [2.75, 3.05) is 11.5 Å². The summed E-state index contributed by atoms with van der Waals surface area (Å²) in [5, 5.41) is 0. The number of allylic oxidation sites excluding steroid dienone is 2. The molecule has 0 saturated carbocycles. The van der Waals surface area contributed by atoms with Crippen LogP contribution < -0.4 is 0 Å². The van der Waals surface area contributed by atoms with Crippen LogP contribution in [0.4, 0.5) is 0 Å². The summed E-state index contributed by atoms with van der Waals surface area (Å²) in [5.74, 6) is 3.63. The molecule has 0 aromatic heterocycles. The first-order chi connectivity index (χ1) is 6.36. The van der Waals surface area contributed by atoms with E-state index in [0.29, 0.717) is 0 Å². The average molecular weight is 194 g/mol. The van der Waals surface area contributed by atoms with E-state index in [1.807, 2.05) is 6.08 Å². The average Bonchev–Trinajstić information content (AvgIpc) is 2.21. The summed E-state index contributed by atoms with van der Waals surface area (Å²) in [6, 6.07) is 0. The Morgan fingerprint density at radius 2 is 2.46 bits per heavy atom. The van der Waals surface area contributed by atoms with Gasteiger partial charge in [0.2, 0.25) is 0 Å². The van der Waals surface area contributed by atoms with E-state index in [1.54, 1.807) is 0 Å². The van der Waals surface area contributed by atoms with Gasteiger partial charge in [-0.05, 0) is 48.7 Å². The summed E-state index contributed by atoms with van der Waals surface area (Å²) in [7, 11) is 0. The third-order valence-electron chi connectivity index (χ3n) is 2.55. The highest BCUT2D eigenvalue weighted by atomic mass is 32.2. The summed E-state index contributed by atoms with van der Waals surface area (Å²) in [6.07, 6.45) is 7.09. The molecule has 0 amide bonds. The number of thioether (sulfide) groups is 1. The molecule has 0 spiro atoms. The first-order valence-corrected chi connectivity index (χ1v) is 6.11. The predicted octanol–water partition coefficient (Wildman–Crippen LogP) is 3.81. The zero-order valence-electron chi connectivity index (χ0n) is 8.22. The summed E-state index contributed by atoms with van der Waals surface area (Å²) in [5.41, 5.74) is 4.11. The van der Waals surface area contributed by atoms with Gasteiger partial charge in [0, 0.05) is 0 Å². The maximum Gasteiger partial charge on any atom is -0.00390 e. The Morgan fingerprint density at radius 3 is 3.00 bits per heavy atom. The van der Waals surface area contributed by atoms with Crippen LogP contribution in [0.1, 0.15) is 25.7 Å². The van der Waals surface area contributed by atoms with Gasteiger partial charge in [0.05, 0.1) is 0 Å². The van der Waals surface area contributed by atoms with E-state index in [9.17, 15) is 0 Å². The van der Waals surface area contributed by atoms with E-state index < -0.39 is 0 Å². The van der Waals surface area contributed by atoms with Crippen molar-refractivity contribution >= 4 is 11.8 Å². The Labute approximate surface area is 85.8 Å². The first kappa shape index (κ1) is 10.7. The van der Waals surface area contributed by atoms with Crippen LogP contribution >= 0.6 is 11.8 Å². The van der Waals surface area contributed by atoms with Crippen LogP contribution in [0.15, 0.2) is 30.5 Å². The summed E-state index contributed by atoms with van der Waals surface area (Å²) >= 11 is 2.10. The standard InChI is InChI=1S/C12H18S/c1-3-11(4-2)7-8-12-6-5-9-13-10-12/h3,12H,1-2,5-10H2. The Balaban J connectivity index is 2.24. The quantitative estimate of drug-likeness (QED) is 0.484. The molecular formula is C12H18S. The van der Waals surface area contributed by atoms with Gasteiger partial charge in [0.25, 0.3) is 0 Å². The molecule has 0 aliphatic carbocycles.